The van der Waals surface area contributed by atoms with Gasteiger partial charge in [0.15, 0.2) is 5.82 Å². The van der Waals surface area contributed by atoms with Gasteiger partial charge in [0.1, 0.15) is 0 Å². The van der Waals surface area contributed by atoms with Crippen LogP contribution in [-0.2, 0) is 6.54 Å². The molecule has 2 aromatic carbocycles. The third kappa shape index (κ3) is 4.60. The molecule has 3 aromatic heterocycles. The molecule has 1 fully saturated rings. The fourth-order valence-corrected chi connectivity index (χ4v) is 4.72. The Kier molecular flexibility index (Phi) is 5.86. The van der Waals surface area contributed by atoms with Gasteiger partial charge in [-0.25, -0.2) is 0 Å². The van der Waals surface area contributed by atoms with Crippen molar-refractivity contribution in [2.75, 3.05) is 31.1 Å². The van der Waals surface area contributed by atoms with Crippen molar-refractivity contribution < 1.29 is 4.52 Å². The van der Waals surface area contributed by atoms with E-state index in [9.17, 15) is 0 Å². The number of halogens is 1. The first-order chi connectivity index (χ1) is 17.2. The Bertz CT molecular complexity index is 1460. The summed E-state index contributed by atoms with van der Waals surface area (Å²) in [5.41, 5.74) is 5.26. The van der Waals surface area contributed by atoms with E-state index in [2.05, 4.69) is 60.2 Å². The van der Waals surface area contributed by atoms with Crippen LogP contribution in [0.25, 0.3) is 33.5 Å². The van der Waals surface area contributed by atoms with E-state index in [4.69, 9.17) is 16.1 Å². The summed E-state index contributed by atoms with van der Waals surface area (Å²) >= 11 is 6.08. The van der Waals surface area contributed by atoms with E-state index in [-0.39, 0.29) is 0 Å². The van der Waals surface area contributed by atoms with E-state index >= 15 is 0 Å². The number of rotatable bonds is 5. The van der Waals surface area contributed by atoms with Crippen molar-refractivity contribution in [3.63, 3.8) is 0 Å². The Labute approximate surface area is 208 Å². The van der Waals surface area contributed by atoms with Crippen LogP contribution in [0.3, 0.4) is 0 Å². The van der Waals surface area contributed by atoms with Crippen molar-refractivity contribution in [3.05, 3.63) is 90.1 Å². The first-order valence-electron chi connectivity index (χ1n) is 11.6. The number of benzene rings is 2. The van der Waals surface area contributed by atoms with E-state index in [0.717, 1.165) is 53.8 Å². The number of fused-ring (bicyclic) bond motifs is 1. The van der Waals surface area contributed by atoms with Crippen molar-refractivity contribution in [1.82, 2.24) is 25.0 Å². The SMILES string of the molecule is Clc1cccc(-c2nc(CN3CCN(c4ccnc5cc(-c6cccnc6)ccc45)CC3)no2)c1. The summed E-state index contributed by atoms with van der Waals surface area (Å²) in [4.78, 5) is 18.2. The maximum absolute atomic E-state index is 6.08. The zero-order valence-corrected chi connectivity index (χ0v) is 19.8. The maximum atomic E-state index is 6.08. The quantitative estimate of drug-likeness (QED) is 0.335. The third-order valence-corrected chi connectivity index (χ3v) is 6.57. The molecular weight excluding hydrogens is 460 g/mol. The second kappa shape index (κ2) is 9.44. The monoisotopic (exact) mass is 482 g/mol. The first kappa shape index (κ1) is 21.7. The first-order valence-corrected chi connectivity index (χ1v) is 12.0. The lowest BCUT2D eigenvalue weighted by atomic mass is 10.0. The van der Waals surface area contributed by atoms with Gasteiger partial charge in [-0.15, -0.1) is 0 Å². The van der Waals surface area contributed by atoms with Gasteiger partial charge >= 0.3 is 0 Å². The normalized spacial score (nSPS) is 14.5. The Morgan fingerprint density at radius 1 is 0.857 bits per heavy atom. The average Bonchev–Trinajstić information content (AvgIpc) is 3.38. The molecule has 0 amide bonds. The van der Waals surface area contributed by atoms with Crippen LogP contribution in [0, 0.1) is 0 Å². The predicted octanol–water partition coefficient (Wildman–Crippen LogP) is 5.32. The summed E-state index contributed by atoms with van der Waals surface area (Å²) in [5, 5.41) is 5.98. The van der Waals surface area contributed by atoms with Crippen molar-refractivity contribution >= 4 is 28.2 Å². The van der Waals surface area contributed by atoms with E-state index in [1.54, 1.807) is 6.20 Å². The van der Waals surface area contributed by atoms with Crippen LogP contribution in [0.2, 0.25) is 5.02 Å². The Hall–Kier alpha value is -3.81. The minimum Gasteiger partial charge on any atom is -0.368 e. The molecule has 0 N–H and O–H groups in total. The van der Waals surface area contributed by atoms with Gasteiger partial charge < -0.3 is 9.42 Å². The third-order valence-electron chi connectivity index (χ3n) is 6.33. The Morgan fingerprint density at radius 2 is 1.74 bits per heavy atom. The molecule has 0 atom stereocenters. The number of hydrogen-bond acceptors (Lipinski definition) is 7. The molecule has 4 heterocycles. The standard InChI is InChI=1S/C27H23ClN6O/c28-22-5-1-3-20(15-22)27-31-26(32-35-27)18-33-11-13-34(14-12-33)25-8-10-30-24-16-19(6-7-23(24)25)21-4-2-9-29-17-21/h1-10,15-17H,11-14,18H2. The molecule has 0 spiro atoms. The maximum Gasteiger partial charge on any atom is 0.258 e. The van der Waals surface area contributed by atoms with Crippen LogP contribution < -0.4 is 4.90 Å². The number of piperazine rings is 1. The summed E-state index contributed by atoms with van der Waals surface area (Å²) in [6.45, 7) is 4.33. The molecule has 0 unspecified atom stereocenters. The zero-order chi connectivity index (χ0) is 23.6. The van der Waals surface area contributed by atoms with Crippen LogP contribution >= 0.6 is 11.6 Å². The molecule has 1 saturated heterocycles. The van der Waals surface area contributed by atoms with Crippen LogP contribution in [0.4, 0.5) is 5.69 Å². The molecule has 8 heteroatoms. The molecule has 0 aliphatic carbocycles. The fraction of sp³-hybridized carbons (Fsp3) is 0.185. The molecule has 1 aliphatic heterocycles. The molecule has 35 heavy (non-hydrogen) atoms. The largest absolute Gasteiger partial charge is 0.368 e. The lowest BCUT2D eigenvalue weighted by Gasteiger charge is -2.36. The number of anilines is 1. The van der Waals surface area contributed by atoms with E-state index in [1.807, 2.05) is 42.7 Å². The molecule has 174 valence electrons. The van der Waals surface area contributed by atoms with Gasteiger partial charge in [-0.1, -0.05) is 41.0 Å². The molecule has 0 bridgehead atoms. The molecule has 0 radical (unpaired) electrons. The molecule has 1 aliphatic rings. The van der Waals surface area contributed by atoms with Gasteiger partial charge in [-0.3, -0.25) is 14.9 Å². The smallest absolute Gasteiger partial charge is 0.258 e. The second-order valence-electron chi connectivity index (χ2n) is 8.59. The van der Waals surface area contributed by atoms with Crippen LogP contribution in [0.5, 0.6) is 0 Å². The van der Waals surface area contributed by atoms with Crippen LogP contribution in [0.15, 0.2) is 83.8 Å². The topological polar surface area (TPSA) is 71.2 Å². The van der Waals surface area contributed by atoms with Gasteiger partial charge in [-0.05, 0) is 42.0 Å². The predicted molar refractivity (Wildman–Crippen MR) is 137 cm³/mol. The number of nitrogens with zero attached hydrogens (tertiary/aromatic N) is 6. The summed E-state index contributed by atoms with van der Waals surface area (Å²) in [6.07, 6.45) is 5.57. The van der Waals surface area contributed by atoms with E-state index in [0.29, 0.717) is 23.3 Å². The number of pyridine rings is 2. The molecule has 0 saturated carbocycles. The zero-order valence-electron chi connectivity index (χ0n) is 19.0. The highest BCUT2D eigenvalue weighted by atomic mass is 35.5. The minimum atomic E-state index is 0.495. The fourth-order valence-electron chi connectivity index (χ4n) is 4.53. The molecule has 5 aromatic rings. The minimum absolute atomic E-state index is 0.495. The highest BCUT2D eigenvalue weighted by molar-refractivity contribution is 6.30. The van der Waals surface area contributed by atoms with E-state index < -0.39 is 0 Å². The van der Waals surface area contributed by atoms with Crippen LogP contribution in [-0.4, -0.2) is 51.2 Å². The average molecular weight is 483 g/mol. The van der Waals surface area contributed by atoms with Gasteiger partial charge in [0.25, 0.3) is 5.89 Å². The number of aromatic nitrogens is 4. The van der Waals surface area contributed by atoms with E-state index in [1.165, 1.54) is 5.69 Å². The summed E-state index contributed by atoms with van der Waals surface area (Å²) < 4.78 is 5.46. The second-order valence-corrected chi connectivity index (χ2v) is 9.03. The summed E-state index contributed by atoms with van der Waals surface area (Å²) in [5.74, 6) is 1.18. The van der Waals surface area contributed by atoms with Crippen LogP contribution in [0.1, 0.15) is 5.82 Å². The van der Waals surface area contributed by atoms with Crippen molar-refractivity contribution in [3.8, 4) is 22.6 Å². The Morgan fingerprint density at radius 3 is 2.57 bits per heavy atom. The van der Waals surface area contributed by atoms with Gasteiger partial charge in [-0.2, -0.15) is 4.98 Å². The van der Waals surface area contributed by atoms with Crippen molar-refractivity contribution in [2.45, 2.75) is 6.54 Å². The molecular formula is C27H23ClN6O. The Balaban J connectivity index is 1.14. The van der Waals surface area contributed by atoms with Crippen molar-refractivity contribution in [2.24, 2.45) is 0 Å². The van der Waals surface area contributed by atoms with Gasteiger partial charge in [0.2, 0.25) is 0 Å². The highest BCUT2D eigenvalue weighted by Crippen LogP contribution is 2.30. The number of hydrogen-bond donors (Lipinski definition) is 0. The van der Waals surface area contributed by atoms with Crippen molar-refractivity contribution in [1.29, 1.82) is 0 Å². The lowest BCUT2D eigenvalue weighted by Crippen LogP contribution is -2.46. The summed E-state index contributed by atoms with van der Waals surface area (Å²) in [7, 11) is 0. The lowest BCUT2D eigenvalue weighted by molar-refractivity contribution is 0.240. The van der Waals surface area contributed by atoms with Gasteiger partial charge in [0.05, 0.1) is 12.1 Å². The van der Waals surface area contributed by atoms with Gasteiger partial charge in [0, 0.05) is 72.0 Å². The highest BCUT2D eigenvalue weighted by Gasteiger charge is 2.21. The molecule has 6 rings (SSSR count). The summed E-state index contributed by atoms with van der Waals surface area (Å²) in [6, 6.07) is 20.0. The molecule has 7 nitrogen and oxygen atoms in total.